The molecule has 0 unspecified atom stereocenters. The predicted octanol–water partition coefficient (Wildman–Crippen LogP) is 4.20. The highest BCUT2D eigenvalue weighted by Gasteiger charge is 1.95. The summed E-state index contributed by atoms with van der Waals surface area (Å²) in [6.45, 7) is 0. The predicted molar refractivity (Wildman–Crippen MR) is 63.8 cm³/mol. The van der Waals surface area contributed by atoms with Crippen LogP contribution in [0, 0.1) is 0 Å². The van der Waals surface area contributed by atoms with Crippen LogP contribution in [0.1, 0.15) is 0 Å². The lowest BCUT2D eigenvalue weighted by atomic mass is 10.1. The van der Waals surface area contributed by atoms with Gasteiger partial charge in [-0.1, -0.05) is 35.4 Å². The van der Waals surface area contributed by atoms with Crippen LogP contribution in [0.5, 0.6) is 0 Å². The van der Waals surface area contributed by atoms with Crippen molar-refractivity contribution < 1.29 is 0 Å². The second kappa shape index (κ2) is 4.73. The van der Waals surface area contributed by atoms with E-state index in [9.17, 15) is 0 Å². The molecule has 0 aliphatic carbocycles. The second-order valence-corrected chi connectivity index (χ2v) is 4.03. The van der Waals surface area contributed by atoms with Gasteiger partial charge in [-0.2, -0.15) is 0 Å². The first-order valence-corrected chi connectivity index (χ1v) is 5.51. The van der Waals surface area contributed by atoms with Gasteiger partial charge in [0.2, 0.25) is 0 Å². The number of benzene rings is 2. The molecule has 0 aliphatic rings. The fourth-order valence-electron chi connectivity index (χ4n) is 1.39. The van der Waals surface area contributed by atoms with Crippen molar-refractivity contribution in [2.24, 2.45) is 5.11 Å². The van der Waals surface area contributed by atoms with E-state index in [-0.39, 0.29) is 0 Å². The van der Waals surface area contributed by atoms with Crippen molar-refractivity contribution >= 4 is 22.5 Å². The maximum atomic E-state index is 8.16. The van der Waals surface area contributed by atoms with Gasteiger partial charge in [0.25, 0.3) is 0 Å². The summed E-state index contributed by atoms with van der Waals surface area (Å²) in [4.78, 5) is 3.84. The largest absolute Gasteiger partial charge is 0.120 e. The summed E-state index contributed by atoms with van der Waals surface area (Å²) in [5.41, 5.74) is 8.16. The molecule has 15 heavy (non-hydrogen) atoms. The lowest BCUT2D eigenvalue weighted by molar-refractivity contribution is 1.32. The van der Waals surface area contributed by atoms with Gasteiger partial charge in [-0.3, -0.25) is 0 Å². The summed E-state index contributed by atoms with van der Waals surface area (Å²) in [5, 5.41) is 5.93. The molecule has 2 aromatic carbocycles. The van der Waals surface area contributed by atoms with Crippen LogP contribution in [0.4, 0.5) is 0 Å². The van der Waals surface area contributed by atoms with Crippen molar-refractivity contribution in [2.45, 2.75) is 4.90 Å². The zero-order valence-electron chi connectivity index (χ0n) is 8.00. The molecule has 0 fully saturated rings. The van der Waals surface area contributed by atoms with E-state index < -0.39 is 0 Å². The van der Waals surface area contributed by atoms with Gasteiger partial charge >= 0.3 is 0 Å². The van der Waals surface area contributed by atoms with Crippen molar-refractivity contribution in [2.75, 3.05) is 5.88 Å². The zero-order chi connectivity index (χ0) is 10.5. The normalized spacial score (nSPS) is 9.87. The summed E-state index contributed by atoms with van der Waals surface area (Å²) < 4.78 is 0. The van der Waals surface area contributed by atoms with E-state index >= 15 is 0 Å². The molecule has 2 rings (SSSR count). The SMILES string of the molecule is [N-]=[N+]=NCSc1ccc2ccccc2c1. The molecule has 0 spiro atoms. The molecule has 4 heteroatoms. The molecule has 0 heterocycles. The number of hydrogen-bond acceptors (Lipinski definition) is 2. The molecule has 2 aromatic rings. The Morgan fingerprint density at radius 1 is 1.13 bits per heavy atom. The second-order valence-electron chi connectivity index (χ2n) is 3.01. The number of hydrogen-bond donors (Lipinski definition) is 0. The Kier molecular flexibility index (Phi) is 3.12. The van der Waals surface area contributed by atoms with Gasteiger partial charge in [0.15, 0.2) is 0 Å². The Hall–Kier alpha value is -1.64. The van der Waals surface area contributed by atoms with Gasteiger partial charge in [0, 0.05) is 9.81 Å². The summed E-state index contributed by atoms with van der Waals surface area (Å²) in [6.07, 6.45) is 0. The van der Waals surface area contributed by atoms with Gasteiger partial charge in [0.1, 0.15) is 0 Å². The number of fused-ring (bicyclic) bond motifs is 1. The maximum absolute atomic E-state index is 8.16. The molecule has 74 valence electrons. The highest BCUT2D eigenvalue weighted by Crippen LogP contribution is 2.23. The van der Waals surface area contributed by atoms with Gasteiger partial charge in [0.05, 0.1) is 5.88 Å². The van der Waals surface area contributed by atoms with Crippen LogP contribution in [-0.4, -0.2) is 5.88 Å². The van der Waals surface area contributed by atoms with Crippen LogP contribution >= 0.6 is 11.8 Å². The van der Waals surface area contributed by atoms with Crippen LogP contribution in [0.25, 0.3) is 21.2 Å². The molecule has 0 bridgehead atoms. The summed E-state index contributed by atoms with van der Waals surface area (Å²) in [7, 11) is 0. The van der Waals surface area contributed by atoms with Crippen molar-refractivity contribution in [1.29, 1.82) is 0 Å². The van der Waals surface area contributed by atoms with E-state index in [1.807, 2.05) is 18.2 Å². The van der Waals surface area contributed by atoms with Crippen LogP contribution in [0.3, 0.4) is 0 Å². The Morgan fingerprint density at radius 3 is 2.73 bits per heavy atom. The van der Waals surface area contributed by atoms with Gasteiger partial charge < -0.3 is 0 Å². The molecule has 0 radical (unpaired) electrons. The first kappa shape index (κ1) is 9.90. The number of rotatable bonds is 3. The van der Waals surface area contributed by atoms with E-state index in [1.54, 1.807) is 0 Å². The molecular formula is C11H9N3S. The molecular weight excluding hydrogens is 206 g/mol. The third kappa shape index (κ3) is 2.43. The molecule has 3 nitrogen and oxygen atoms in total. The fourth-order valence-corrected chi connectivity index (χ4v) is 2.02. The highest BCUT2D eigenvalue weighted by atomic mass is 32.2. The standard InChI is InChI=1S/C11H9N3S/c12-14-13-8-15-11-6-5-9-3-1-2-4-10(9)7-11/h1-7H,8H2. The molecule has 0 aromatic heterocycles. The van der Waals surface area contributed by atoms with Crippen molar-refractivity contribution in [3.63, 3.8) is 0 Å². The smallest absolute Gasteiger partial charge is 0.0768 e. The summed E-state index contributed by atoms with van der Waals surface area (Å²) >= 11 is 1.54. The molecule has 0 amide bonds. The van der Waals surface area contributed by atoms with E-state index in [1.165, 1.54) is 22.5 Å². The first-order valence-electron chi connectivity index (χ1n) is 4.52. The minimum atomic E-state index is 0.439. The van der Waals surface area contributed by atoms with E-state index in [4.69, 9.17) is 5.53 Å². The Bertz CT molecular complexity index is 518. The lowest BCUT2D eigenvalue weighted by Crippen LogP contribution is -1.75. The van der Waals surface area contributed by atoms with E-state index in [0.29, 0.717) is 5.88 Å². The lowest BCUT2D eigenvalue weighted by Gasteiger charge is -2.00. The Labute approximate surface area is 91.7 Å². The van der Waals surface area contributed by atoms with Gasteiger partial charge in [-0.25, -0.2) is 0 Å². The number of nitrogens with zero attached hydrogens (tertiary/aromatic N) is 3. The third-order valence-electron chi connectivity index (χ3n) is 2.07. The molecule has 0 N–H and O–H groups in total. The summed E-state index contributed by atoms with van der Waals surface area (Å²) in [6, 6.07) is 14.4. The van der Waals surface area contributed by atoms with Crippen LogP contribution in [0.15, 0.2) is 52.5 Å². The molecule has 0 aliphatic heterocycles. The maximum Gasteiger partial charge on any atom is 0.0768 e. The zero-order valence-corrected chi connectivity index (χ0v) is 8.81. The van der Waals surface area contributed by atoms with Crippen molar-refractivity contribution in [3.8, 4) is 0 Å². The van der Waals surface area contributed by atoms with Crippen molar-refractivity contribution in [3.05, 3.63) is 52.9 Å². The first-order chi connectivity index (χ1) is 7.40. The number of thioether (sulfide) groups is 1. The molecule has 0 atom stereocenters. The summed E-state index contributed by atoms with van der Waals surface area (Å²) in [5.74, 6) is 0.439. The van der Waals surface area contributed by atoms with Gasteiger partial charge in [-0.05, 0) is 28.4 Å². The third-order valence-corrected chi connectivity index (χ3v) is 2.90. The molecule has 0 saturated heterocycles. The molecule has 0 saturated carbocycles. The number of azide groups is 1. The Balaban J connectivity index is 2.26. The Morgan fingerprint density at radius 2 is 1.93 bits per heavy atom. The van der Waals surface area contributed by atoms with Crippen molar-refractivity contribution in [1.82, 2.24) is 0 Å². The quantitative estimate of drug-likeness (QED) is 0.327. The fraction of sp³-hybridized carbons (Fsp3) is 0.0909. The average Bonchev–Trinajstić information content (AvgIpc) is 2.29. The van der Waals surface area contributed by atoms with E-state index in [2.05, 4.69) is 34.3 Å². The topological polar surface area (TPSA) is 48.8 Å². The minimum Gasteiger partial charge on any atom is -0.120 e. The van der Waals surface area contributed by atoms with Crippen LogP contribution in [0.2, 0.25) is 0 Å². The monoisotopic (exact) mass is 215 g/mol. The highest BCUT2D eigenvalue weighted by molar-refractivity contribution is 7.99. The van der Waals surface area contributed by atoms with Crippen LogP contribution < -0.4 is 0 Å². The van der Waals surface area contributed by atoms with Crippen LogP contribution in [-0.2, 0) is 0 Å². The van der Waals surface area contributed by atoms with Gasteiger partial charge in [-0.15, -0.1) is 11.8 Å². The average molecular weight is 215 g/mol. The van der Waals surface area contributed by atoms with E-state index in [0.717, 1.165) is 4.90 Å². The minimum absolute atomic E-state index is 0.439.